The number of fused-ring (bicyclic) bond motifs is 1. The molecular weight excluding hydrogens is 248 g/mol. The van der Waals surface area contributed by atoms with Crippen molar-refractivity contribution in [2.75, 3.05) is 0 Å². The SMILES string of the molecule is OC(c1ccc2ccccc2c1)C(F)(F)C(F)F. The fraction of sp³-hybridized carbons (Fsp3) is 0.231. The molecule has 0 radical (unpaired) electrons. The van der Waals surface area contributed by atoms with E-state index < -0.39 is 18.5 Å². The van der Waals surface area contributed by atoms with Gasteiger partial charge in [0.1, 0.15) is 6.10 Å². The lowest BCUT2D eigenvalue weighted by Gasteiger charge is -2.22. The molecule has 1 N–H and O–H groups in total. The summed E-state index contributed by atoms with van der Waals surface area (Å²) in [6, 6.07) is 10.9. The van der Waals surface area contributed by atoms with Crippen molar-refractivity contribution in [1.29, 1.82) is 0 Å². The lowest BCUT2D eigenvalue weighted by atomic mass is 10.00. The van der Waals surface area contributed by atoms with E-state index in [0.717, 1.165) is 5.39 Å². The van der Waals surface area contributed by atoms with Gasteiger partial charge in [0.25, 0.3) is 0 Å². The summed E-state index contributed by atoms with van der Waals surface area (Å²) in [5.41, 5.74) is -0.223. The van der Waals surface area contributed by atoms with E-state index in [1.54, 1.807) is 24.3 Å². The first-order valence-corrected chi connectivity index (χ1v) is 5.25. The van der Waals surface area contributed by atoms with Gasteiger partial charge in [0.2, 0.25) is 0 Å². The van der Waals surface area contributed by atoms with Gasteiger partial charge in [-0.3, -0.25) is 0 Å². The maximum Gasteiger partial charge on any atom is 0.336 e. The van der Waals surface area contributed by atoms with Gasteiger partial charge in [0.15, 0.2) is 0 Å². The highest BCUT2D eigenvalue weighted by molar-refractivity contribution is 5.83. The fourth-order valence-corrected chi connectivity index (χ4v) is 1.72. The molecule has 0 saturated carbocycles. The quantitative estimate of drug-likeness (QED) is 0.831. The van der Waals surface area contributed by atoms with Crippen molar-refractivity contribution < 1.29 is 22.7 Å². The molecule has 1 unspecified atom stereocenters. The highest BCUT2D eigenvalue weighted by atomic mass is 19.3. The maximum atomic E-state index is 13.0. The van der Waals surface area contributed by atoms with E-state index in [4.69, 9.17) is 0 Å². The molecule has 1 nitrogen and oxygen atoms in total. The molecule has 2 aromatic carbocycles. The number of hydrogen-bond acceptors (Lipinski definition) is 1. The van der Waals surface area contributed by atoms with E-state index in [0.29, 0.717) is 5.39 Å². The zero-order valence-electron chi connectivity index (χ0n) is 9.16. The number of alkyl halides is 4. The van der Waals surface area contributed by atoms with Gasteiger partial charge in [-0.05, 0) is 22.4 Å². The van der Waals surface area contributed by atoms with Crippen molar-refractivity contribution in [2.24, 2.45) is 0 Å². The van der Waals surface area contributed by atoms with Gasteiger partial charge >= 0.3 is 12.3 Å². The molecule has 2 rings (SSSR count). The van der Waals surface area contributed by atoms with Crippen LogP contribution >= 0.6 is 0 Å². The van der Waals surface area contributed by atoms with Gasteiger partial charge in [0, 0.05) is 0 Å². The molecule has 0 aliphatic rings. The second kappa shape index (κ2) is 4.57. The topological polar surface area (TPSA) is 20.2 Å². The van der Waals surface area contributed by atoms with Gasteiger partial charge in [-0.1, -0.05) is 36.4 Å². The molecule has 0 fully saturated rings. The molecule has 0 bridgehead atoms. The van der Waals surface area contributed by atoms with Crippen molar-refractivity contribution in [1.82, 2.24) is 0 Å². The van der Waals surface area contributed by atoms with Gasteiger partial charge in [-0.2, -0.15) is 8.78 Å². The highest BCUT2D eigenvalue weighted by Gasteiger charge is 2.48. The molecule has 5 heteroatoms. The average Bonchev–Trinajstić information content (AvgIpc) is 2.37. The van der Waals surface area contributed by atoms with Crippen LogP contribution in [0.15, 0.2) is 42.5 Å². The Morgan fingerprint density at radius 1 is 0.944 bits per heavy atom. The van der Waals surface area contributed by atoms with Gasteiger partial charge in [0.05, 0.1) is 0 Å². The summed E-state index contributed by atoms with van der Waals surface area (Å²) in [6.45, 7) is 0. The monoisotopic (exact) mass is 258 g/mol. The van der Waals surface area contributed by atoms with Crippen LogP contribution < -0.4 is 0 Å². The third kappa shape index (κ3) is 2.18. The van der Waals surface area contributed by atoms with Crippen LogP contribution in [0.1, 0.15) is 11.7 Å². The molecule has 0 saturated heterocycles. The minimum absolute atomic E-state index is 0.223. The van der Waals surface area contributed by atoms with E-state index in [2.05, 4.69) is 0 Å². The number of hydrogen-bond donors (Lipinski definition) is 1. The highest BCUT2D eigenvalue weighted by Crippen LogP contribution is 2.37. The number of rotatable bonds is 3. The molecule has 0 amide bonds. The van der Waals surface area contributed by atoms with E-state index >= 15 is 0 Å². The van der Waals surface area contributed by atoms with Crippen LogP contribution in [0.2, 0.25) is 0 Å². The molecule has 0 aliphatic heterocycles. The number of benzene rings is 2. The van der Waals surface area contributed by atoms with E-state index in [1.807, 2.05) is 0 Å². The number of halogens is 4. The van der Waals surface area contributed by atoms with Crippen molar-refractivity contribution in [2.45, 2.75) is 18.5 Å². The molecule has 1 atom stereocenters. The molecule has 96 valence electrons. The first-order chi connectivity index (χ1) is 8.43. The van der Waals surface area contributed by atoms with Crippen molar-refractivity contribution >= 4 is 10.8 Å². The molecule has 2 aromatic rings. The number of aliphatic hydroxyl groups excluding tert-OH is 1. The van der Waals surface area contributed by atoms with Crippen LogP contribution in [0.5, 0.6) is 0 Å². The maximum absolute atomic E-state index is 13.0. The summed E-state index contributed by atoms with van der Waals surface area (Å²) in [7, 11) is 0. The van der Waals surface area contributed by atoms with Gasteiger partial charge in [-0.25, -0.2) is 8.78 Å². The Labute approximate surface area is 101 Å². The first kappa shape index (κ1) is 12.8. The third-order valence-electron chi connectivity index (χ3n) is 2.74. The van der Waals surface area contributed by atoms with Crippen LogP contribution in [0.3, 0.4) is 0 Å². The second-order valence-corrected chi connectivity index (χ2v) is 3.98. The Bertz CT molecular complexity index is 553. The fourth-order valence-electron chi connectivity index (χ4n) is 1.72. The molecule has 0 spiro atoms. The zero-order chi connectivity index (χ0) is 13.3. The second-order valence-electron chi connectivity index (χ2n) is 3.98. The smallest absolute Gasteiger partial charge is 0.336 e. The van der Waals surface area contributed by atoms with Crippen LogP contribution in [0, 0.1) is 0 Å². The lowest BCUT2D eigenvalue weighted by molar-refractivity contribution is -0.193. The minimum atomic E-state index is -4.46. The van der Waals surface area contributed by atoms with Crippen molar-refractivity contribution in [3.05, 3.63) is 48.0 Å². The first-order valence-electron chi connectivity index (χ1n) is 5.25. The number of aliphatic hydroxyl groups is 1. The third-order valence-corrected chi connectivity index (χ3v) is 2.74. The van der Waals surface area contributed by atoms with Crippen LogP contribution in [-0.2, 0) is 0 Å². The summed E-state index contributed by atoms with van der Waals surface area (Å²) < 4.78 is 50.4. The average molecular weight is 258 g/mol. The molecule has 0 aromatic heterocycles. The summed E-state index contributed by atoms with van der Waals surface area (Å²) in [4.78, 5) is 0. The Kier molecular flexibility index (Phi) is 3.26. The molecule has 0 heterocycles. The molecule has 0 aliphatic carbocycles. The van der Waals surface area contributed by atoms with Crippen molar-refractivity contribution in [3.63, 3.8) is 0 Å². The Morgan fingerprint density at radius 2 is 1.56 bits per heavy atom. The standard InChI is InChI=1S/C13H10F4O/c14-12(15)13(16,17)11(18)10-6-5-8-3-1-2-4-9(8)7-10/h1-7,11-12,18H. The van der Waals surface area contributed by atoms with E-state index in [-0.39, 0.29) is 5.56 Å². The Hall–Kier alpha value is -1.62. The van der Waals surface area contributed by atoms with E-state index in [1.165, 1.54) is 18.2 Å². The summed E-state index contributed by atoms with van der Waals surface area (Å²) in [5.74, 6) is -4.46. The molecular formula is C13H10F4O. The lowest BCUT2D eigenvalue weighted by Crippen LogP contribution is -2.34. The summed E-state index contributed by atoms with van der Waals surface area (Å²) in [6.07, 6.45) is -6.42. The van der Waals surface area contributed by atoms with E-state index in [9.17, 15) is 22.7 Å². The molecule has 18 heavy (non-hydrogen) atoms. The normalized spacial score (nSPS) is 14.1. The Morgan fingerprint density at radius 3 is 2.17 bits per heavy atom. The van der Waals surface area contributed by atoms with Crippen LogP contribution in [0.25, 0.3) is 10.8 Å². The minimum Gasteiger partial charge on any atom is -0.382 e. The van der Waals surface area contributed by atoms with Crippen LogP contribution in [0.4, 0.5) is 17.6 Å². The predicted molar refractivity (Wildman–Crippen MR) is 59.9 cm³/mol. The van der Waals surface area contributed by atoms with Gasteiger partial charge < -0.3 is 5.11 Å². The largest absolute Gasteiger partial charge is 0.382 e. The Balaban J connectivity index is 2.42. The van der Waals surface area contributed by atoms with Crippen LogP contribution in [-0.4, -0.2) is 17.5 Å². The van der Waals surface area contributed by atoms with Crippen molar-refractivity contribution in [3.8, 4) is 0 Å². The zero-order valence-corrected chi connectivity index (χ0v) is 9.16. The summed E-state index contributed by atoms with van der Waals surface area (Å²) in [5, 5.41) is 10.7. The summed E-state index contributed by atoms with van der Waals surface area (Å²) >= 11 is 0. The predicted octanol–water partition coefficient (Wildman–Crippen LogP) is 3.77. The van der Waals surface area contributed by atoms with Gasteiger partial charge in [-0.15, -0.1) is 0 Å².